The molecular weight excluding hydrogens is 328 g/mol. The smallest absolute Gasteiger partial charge is 0.317 e. The molecule has 0 spiro atoms. The third-order valence-corrected chi connectivity index (χ3v) is 5.30. The van der Waals surface area contributed by atoms with Crippen LogP contribution in [0.3, 0.4) is 0 Å². The summed E-state index contributed by atoms with van der Waals surface area (Å²) >= 11 is 6.17. The second-order valence-electron chi connectivity index (χ2n) is 6.80. The zero-order valence-electron chi connectivity index (χ0n) is 14.4. The lowest BCUT2D eigenvalue weighted by molar-refractivity contribution is -0.00499. The van der Waals surface area contributed by atoms with Gasteiger partial charge in [0, 0.05) is 43.8 Å². The molecule has 2 amide bonds. The van der Waals surface area contributed by atoms with Crippen molar-refractivity contribution >= 4 is 17.6 Å². The van der Waals surface area contributed by atoms with Crippen LogP contribution in [0.15, 0.2) is 12.1 Å². The van der Waals surface area contributed by atoms with Gasteiger partial charge in [-0.3, -0.25) is 0 Å². The van der Waals surface area contributed by atoms with Gasteiger partial charge in [-0.05, 0) is 43.9 Å². The van der Waals surface area contributed by atoms with E-state index in [-0.39, 0.29) is 11.6 Å². The first-order valence-corrected chi connectivity index (χ1v) is 8.90. The number of fused-ring (bicyclic) bond motifs is 1. The van der Waals surface area contributed by atoms with Crippen LogP contribution in [0.5, 0.6) is 5.75 Å². The van der Waals surface area contributed by atoms with Gasteiger partial charge in [-0.2, -0.15) is 0 Å². The van der Waals surface area contributed by atoms with Crippen molar-refractivity contribution in [2.24, 2.45) is 0 Å². The first-order valence-electron chi connectivity index (χ1n) is 8.53. The Morgan fingerprint density at radius 3 is 3.04 bits per heavy atom. The molecule has 6 heteroatoms. The molecule has 1 atom stereocenters. The van der Waals surface area contributed by atoms with E-state index >= 15 is 0 Å². The van der Waals surface area contributed by atoms with Gasteiger partial charge in [0.2, 0.25) is 0 Å². The number of rotatable bonds is 3. The van der Waals surface area contributed by atoms with E-state index in [1.165, 1.54) is 0 Å². The number of carbonyl (C=O) groups is 1. The monoisotopic (exact) mass is 352 g/mol. The maximum atomic E-state index is 12.5. The van der Waals surface area contributed by atoms with E-state index in [0.717, 1.165) is 49.1 Å². The Balaban J connectivity index is 1.60. The first-order chi connectivity index (χ1) is 11.5. The summed E-state index contributed by atoms with van der Waals surface area (Å²) in [7, 11) is 1.75. The van der Waals surface area contributed by atoms with Gasteiger partial charge in [-0.1, -0.05) is 11.6 Å². The Morgan fingerprint density at radius 1 is 1.42 bits per heavy atom. The summed E-state index contributed by atoms with van der Waals surface area (Å²) < 4.78 is 11.3. The molecule has 2 heterocycles. The number of benzene rings is 1. The quantitative estimate of drug-likeness (QED) is 0.907. The van der Waals surface area contributed by atoms with Crippen LogP contribution in [0, 0.1) is 0 Å². The van der Waals surface area contributed by atoms with E-state index in [2.05, 4.69) is 12.2 Å². The SMILES string of the molecule is COC1(C)CCCN(C(=O)NCc2cc(Cl)cc3c2OCC3)CC1. The number of halogens is 1. The number of carbonyl (C=O) groups excluding carboxylic acids is 1. The Bertz CT molecular complexity index is 623. The van der Waals surface area contributed by atoms with Crippen LogP contribution in [0.2, 0.25) is 5.02 Å². The highest BCUT2D eigenvalue weighted by atomic mass is 35.5. The fraction of sp³-hybridized carbons (Fsp3) is 0.611. The lowest BCUT2D eigenvalue weighted by Gasteiger charge is -2.26. The number of nitrogens with zero attached hydrogens (tertiary/aromatic N) is 1. The molecular formula is C18H25ClN2O3. The lowest BCUT2D eigenvalue weighted by atomic mass is 9.97. The molecule has 0 saturated carbocycles. The second-order valence-corrected chi connectivity index (χ2v) is 7.24. The molecule has 0 radical (unpaired) electrons. The number of urea groups is 1. The Kier molecular flexibility index (Phi) is 5.21. The van der Waals surface area contributed by atoms with Crippen molar-refractivity contribution in [2.75, 3.05) is 26.8 Å². The Labute approximate surface area is 148 Å². The van der Waals surface area contributed by atoms with E-state index in [9.17, 15) is 4.79 Å². The van der Waals surface area contributed by atoms with Gasteiger partial charge in [0.05, 0.1) is 12.2 Å². The summed E-state index contributed by atoms with van der Waals surface area (Å²) in [6, 6.07) is 3.77. The molecule has 24 heavy (non-hydrogen) atoms. The molecule has 2 aliphatic heterocycles. The number of nitrogens with one attached hydrogen (secondary N) is 1. The minimum atomic E-state index is -0.128. The minimum Gasteiger partial charge on any atom is -0.493 e. The predicted octanol–water partition coefficient (Wildman–Crippen LogP) is 3.38. The zero-order chi connectivity index (χ0) is 17.2. The maximum Gasteiger partial charge on any atom is 0.317 e. The van der Waals surface area contributed by atoms with Gasteiger partial charge in [-0.15, -0.1) is 0 Å². The van der Waals surface area contributed by atoms with Crippen LogP contribution in [-0.2, 0) is 17.7 Å². The van der Waals surface area contributed by atoms with Crippen molar-refractivity contribution in [1.82, 2.24) is 10.2 Å². The lowest BCUT2D eigenvalue weighted by Crippen LogP contribution is -2.41. The third-order valence-electron chi connectivity index (χ3n) is 5.08. The first kappa shape index (κ1) is 17.4. The van der Waals surface area contributed by atoms with Crippen molar-refractivity contribution in [3.8, 4) is 5.75 Å². The summed E-state index contributed by atoms with van der Waals surface area (Å²) in [5, 5.41) is 3.70. The standard InChI is InChI=1S/C18H25ClN2O3/c1-18(23-2)5-3-7-21(8-6-18)17(22)20-12-14-11-15(19)10-13-4-9-24-16(13)14/h10-11H,3-9,12H2,1-2H3,(H,20,22). The highest BCUT2D eigenvalue weighted by Crippen LogP contribution is 2.32. The molecule has 0 aromatic heterocycles. The van der Waals surface area contributed by atoms with Gasteiger partial charge in [-0.25, -0.2) is 4.79 Å². The van der Waals surface area contributed by atoms with Gasteiger partial charge in [0.25, 0.3) is 0 Å². The van der Waals surface area contributed by atoms with Crippen molar-refractivity contribution in [2.45, 2.75) is 44.8 Å². The molecule has 2 aliphatic rings. The molecule has 132 valence electrons. The molecule has 1 fully saturated rings. The van der Waals surface area contributed by atoms with Crippen molar-refractivity contribution < 1.29 is 14.3 Å². The van der Waals surface area contributed by atoms with Crippen LogP contribution in [0.1, 0.15) is 37.3 Å². The number of ether oxygens (including phenoxy) is 2. The fourth-order valence-electron chi connectivity index (χ4n) is 3.42. The minimum absolute atomic E-state index is 0.0397. The van der Waals surface area contributed by atoms with Crippen LogP contribution in [-0.4, -0.2) is 43.3 Å². The maximum absolute atomic E-state index is 12.5. The molecule has 1 unspecified atom stereocenters. The second kappa shape index (κ2) is 7.19. The highest BCUT2D eigenvalue weighted by molar-refractivity contribution is 6.30. The van der Waals surface area contributed by atoms with Crippen LogP contribution < -0.4 is 10.1 Å². The van der Waals surface area contributed by atoms with Gasteiger partial charge in [0.15, 0.2) is 0 Å². The zero-order valence-corrected chi connectivity index (χ0v) is 15.1. The Morgan fingerprint density at radius 2 is 2.25 bits per heavy atom. The summed E-state index contributed by atoms with van der Waals surface area (Å²) in [6.45, 7) is 4.69. The average Bonchev–Trinajstić information content (AvgIpc) is 2.94. The largest absolute Gasteiger partial charge is 0.493 e. The average molecular weight is 353 g/mol. The van der Waals surface area contributed by atoms with Gasteiger partial charge < -0.3 is 19.7 Å². The number of hydrogen-bond acceptors (Lipinski definition) is 3. The molecule has 5 nitrogen and oxygen atoms in total. The highest BCUT2D eigenvalue weighted by Gasteiger charge is 2.29. The van der Waals surface area contributed by atoms with Crippen LogP contribution in [0.25, 0.3) is 0 Å². The third kappa shape index (κ3) is 3.78. The molecule has 0 bridgehead atoms. The molecule has 1 N–H and O–H groups in total. The Hall–Kier alpha value is -1.46. The molecule has 0 aliphatic carbocycles. The summed E-state index contributed by atoms with van der Waals surface area (Å²) in [5.74, 6) is 0.877. The number of hydrogen-bond donors (Lipinski definition) is 1. The topological polar surface area (TPSA) is 50.8 Å². The molecule has 1 aromatic carbocycles. The van der Waals surface area contributed by atoms with E-state index < -0.39 is 0 Å². The molecule has 3 rings (SSSR count). The number of amides is 2. The van der Waals surface area contributed by atoms with Crippen molar-refractivity contribution in [3.63, 3.8) is 0 Å². The summed E-state index contributed by atoms with van der Waals surface area (Å²) in [6.07, 6.45) is 3.65. The molecule has 1 saturated heterocycles. The summed E-state index contributed by atoms with van der Waals surface area (Å²) in [4.78, 5) is 14.4. The number of methoxy groups -OCH3 is 1. The fourth-order valence-corrected chi connectivity index (χ4v) is 3.68. The van der Waals surface area contributed by atoms with E-state index in [0.29, 0.717) is 24.7 Å². The van der Waals surface area contributed by atoms with E-state index in [4.69, 9.17) is 21.1 Å². The van der Waals surface area contributed by atoms with Crippen molar-refractivity contribution in [1.29, 1.82) is 0 Å². The van der Waals surface area contributed by atoms with Gasteiger partial charge in [0.1, 0.15) is 5.75 Å². The van der Waals surface area contributed by atoms with Gasteiger partial charge >= 0.3 is 6.03 Å². The number of likely N-dealkylation sites (tertiary alicyclic amines) is 1. The normalized spacial score (nSPS) is 23.4. The molecule has 1 aromatic rings. The summed E-state index contributed by atoms with van der Waals surface area (Å²) in [5.41, 5.74) is 1.94. The van der Waals surface area contributed by atoms with E-state index in [1.54, 1.807) is 7.11 Å². The predicted molar refractivity (Wildman–Crippen MR) is 93.7 cm³/mol. The van der Waals surface area contributed by atoms with E-state index in [1.807, 2.05) is 17.0 Å². The van der Waals surface area contributed by atoms with Crippen LogP contribution in [0.4, 0.5) is 4.79 Å². The van der Waals surface area contributed by atoms with Crippen LogP contribution >= 0.6 is 11.6 Å². The van der Waals surface area contributed by atoms with Crippen molar-refractivity contribution in [3.05, 3.63) is 28.3 Å².